The number of amides is 1. The second-order valence-corrected chi connectivity index (χ2v) is 7.01. The number of nitrogens with one attached hydrogen (secondary N) is 1. The van der Waals surface area contributed by atoms with Crippen LogP contribution in [0.4, 0.5) is 0 Å². The summed E-state index contributed by atoms with van der Waals surface area (Å²) in [5.41, 5.74) is 2.82. The minimum Gasteiger partial charge on any atom is -0.507 e. The minimum atomic E-state index is -0.329. The number of ether oxygens (including phenoxy) is 1. The third kappa shape index (κ3) is 3.97. The number of carbonyl (C=O) groups is 1. The van der Waals surface area contributed by atoms with Crippen molar-refractivity contribution in [1.82, 2.24) is 5.32 Å². The molecule has 0 saturated carbocycles. The minimum absolute atomic E-state index is 0.0317. The lowest BCUT2D eigenvalue weighted by atomic mass is 9.95. The zero-order valence-electron chi connectivity index (χ0n) is 14.4. The fourth-order valence-electron chi connectivity index (χ4n) is 3.17. The van der Waals surface area contributed by atoms with Gasteiger partial charge in [0.25, 0.3) is 5.91 Å². The molecule has 0 bridgehead atoms. The molecule has 0 radical (unpaired) electrons. The van der Waals surface area contributed by atoms with Crippen molar-refractivity contribution in [1.29, 1.82) is 0 Å². The van der Waals surface area contributed by atoms with E-state index < -0.39 is 0 Å². The molecule has 4 nitrogen and oxygen atoms in total. The molecule has 1 unspecified atom stereocenters. The van der Waals surface area contributed by atoms with E-state index >= 15 is 0 Å². The molecule has 2 N–H and O–H groups in total. The Bertz CT molecular complexity index is 776. The topological polar surface area (TPSA) is 58.6 Å². The molecule has 1 amide bonds. The van der Waals surface area contributed by atoms with Crippen LogP contribution in [0.1, 0.15) is 40.9 Å². The van der Waals surface area contributed by atoms with Crippen LogP contribution < -0.4 is 5.32 Å². The van der Waals surface area contributed by atoms with Gasteiger partial charge < -0.3 is 15.2 Å². The Morgan fingerprint density at radius 1 is 1.36 bits per heavy atom. The fourth-order valence-corrected chi connectivity index (χ4v) is 3.47. The second-order valence-electron chi connectivity index (χ2n) is 6.60. The average Bonchev–Trinajstić information content (AvgIpc) is 2.58. The first-order valence-electron chi connectivity index (χ1n) is 8.45. The molecule has 0 fully saturated rings. The smallest absolute Gasteiger partial charge is 0.255 e. The monoisotopic (exact) mass is 359 g/mol. The van der Waals surface area contributed by atoms with E-state index in [9.17, 15) is 9.90 Å². The Balaban J connectivity index is 1.77. The number of carbonyl (C=O) groups excluding carboxylic acids is 1. The van der Waals surface area contributed by atoms with Gasteiger partial charge in [0.05, 0.1) is 18.3 Å². The molecular formula is C20H22ClNO3. The molecule has 1 aliphatic heterocycles. The predicted molar refractivity (Wildman–Crippen MR) is 98.1 cm³/mol. The van der Waals surface area contributed by atoms with E-state index in [-0.39, 0.29) is 36.0 Å². The first-order chi connectivity index (χ1) is 12.0. The molecule has 1 aliphatic rings. The van der Waals surface area contributed by atoms with E-state index in [4.69, 9.17) is 16.3 Å². The van der Waals surface area contributed by atoms with Gasteiger partial charge in [-0.1, -0.05) is 41.9 Å². The summed E-state index contributed by atoms with van der Waals surface area (Å²) in [5.74, 6) is -0.361. The molecule has 3 rings (SSSR count). The molecule has 0 aliphatic carbocycles. The van der Waals surface area contributed by atoms with Crippen molar-refractivity contribution in [3.63, 3.8) is 0 Å². The zero-order chi connectivity index (χ0) is 18.0. The third-order valence-corrected chi connectivity index (χ3v) is 4.81. The molecule has 2 aromatic rings. The number of benzene rings is 2. The van der Waals surface area contributed by atoms with Crippen molar-refractivity contribution in [2.75, 3.05) is 0 Å². The lowest BCUT2D eigenvalue weighted by Gasteiger charge is -2.25. The number of halogens is 1. The van der Waals surface area contributed by atoms with E-state index in [0.717, 1.165) is 11.1 Å². The first kappa shape index (κ1) is 17.8. The summed E-state index contributed by atoms with van der Waals surface area (Å²) in [6.07, 6.45) is 1.40. The maximum absolute atomic E-state index is 12.6. The van der Waals surface area contributed by atoms with Gasteiger partial charge in [-0.25, -0.2) is 0 Å². The van der Waals surface area contributed by atoms with Gasteiger partial charge in [-0.3, -0.25) is 4.79 Å². The van der Waals surface area contributed by atoms with Crippen LogP contribution in [0.5, 0.6) is 5.75 Å². The number of phenolic OH excluding ortho intramolecular Hbond substituents is 1. The predicted octanol–water partition coefficient (Wildman–Crippen LogP) is 3.87. The Hall–Kier alpha value is -2.04. The van der Waals surface area contributed by atoms with Gasteiger partial charge in [0.1, 0.15) is 5.75 Å². The Morgan fingerprint density at radius 2 is 2.08 bits per heavy atom. The molecule has 0 spiro atoms. The molecule has 25 heavy (non-hydrogen) atoms. The molecule has 2 atom stereocenters. The highest BCUT2D eigenvalue weighted by Crippen LogP contribution is 2.36. The van der Waals surface area contributed by atoms with Crippen LogP contribution in [0.25, 0.3) is 0 Å². The third-order valence-electron chi connectivity index (χ3n) is 4.48. The van der Waals surface area contributed by atoms with Crippen molar-refractivity contribution in [2.45, 2.75) is 45.4 Å². The van der Waals surface area contributed by atoms with Gasteiger partial charge in [0.2, 0.25) is 0 Å². The SMILES string of the molecule is CC(Cc1ccccc1)NC(=O)c1cc(Cl)c2c(c1O)CO[C@H](C)C2. The standard InChI is InChI=1S/C20H22ClNO3/c1-12(8-14-6-4-3-5-7-14)22-20(24)16-10-18(21)15-9-13(2)25-11-17(15)19(16)23/h3-7,10,12-13,23H,8-9,11H2,1-2H3,(H,22,24)/t12?,13-/m1/s1. The molecule has 132 valence electrons. The lowest BCUT2D eigenvalue weighted by molar-refractivity contribution is 0.0396. The Labute approximate surface area is 152 Å². The summed E-state index contributed by atoms with van der Waals surface area (Å²) in [4.78, 5) is 12.6. The highest BCUT2D eigenvalue weighted by Gasteiger charge is 2.26. The lowest BCUT2D eigenvalue weighted by Crippen LogP contribution is -2.34. The van der Waals surface area contributed by atoms with Crippen molar-refractivity contribution >= 4 is 17.5 Å². The van der Waals surface area contributed by atoms with Gasteiger partial charge in [-0.05, 0) is 37.5 Å². The first-order valence-corrected chi connectivity index (χ1v) is 8.83. The Kier molecular flexibility index (Phi) is 5.30. The van der Waals surface area contributed by atoms with Gasteiger partial charge in [0.15, 0.2) is 0 Å². The molecule has 5 heteroatoms. The van der Waals surface area contributed by atoms with E-state index in [2.05, 4.69) is 5.32 Å². The molecule has 0 aromatic heterocycles. The quantitative estimate of drug-likeness (QED) is 0.871. The van der Waals surface area contributed by atoms with Crippen LogP contribution in [0.2, 0.25) is 5.02 Å². The number of fused-ring (bicyclic) bond motifs is 1. The zero-order valence-corrected chi connectivity index (χ0v) is 15.1. The summed E-state index contributed by atoms with van der Waals surface area (Å²) in [5, 5.41) is 14.0. The molecule has 0 saturated heterocycles. The van der Waals surface area contributed by atoms with E-state index in [1.165, 1.54) is 0 Å². The van der Waals surface area contributed by atoms with Gasteiger partial charge in [-0.2, -0.15) is 0 Å². The summed E-state index contributed by atoms with van der Waals surface area (Å²) in [6, 6.07) is 11.4. The fraction of sp³-hybridized carbons (Fsp3) is 0.350. The van der Waals surface area contributed by atoms with Crippen LogP contribution >= 0.6 is 11.6 Å². The molecule has 1 heterocycles. The van der Waals surface area contributed by atoms with E-state index in [1.54, 1.807) is 6.07 Å². The van der Waals surface area contributed by atoms with Crippen LogP contribution in [0.3, 0.4) is 0 Å². The Morgan fingerprint density at radius 3 is 2.80 bits per heavy atom. The van der Waals surface area contributed by atoms with Crippen LogP contribution in [-0.2, 0) is 24.2 Å². The number of rotatable bonds is 4. The van der Waals surface area contributed by atoms with Crippen molar-refractivity contribution in [3.8, 4) is 5.75 Å². The summed E-state index contributed by atoms with van der Waals surface area (Å²) in [7, 11) is 0. The largest absolute Gasteiger partial charge is 0.507 e. The summed E-state index contributed by atoms with van der Waals surface area (Å²) in [6.45, 7) is 4.16. The van der Waals surface area contributed by atoms with Crippen molar-refractivity contribution < 1.29 is 14.6 Å². The van der Waals surface area contributed by atoms with Crippen molar-refractivity contribution in [3.05, 3.63) is 63.7 Å². The maximum atomic E-state index is 12.6. The maximum Gasteiger partial charge on any atom is 0.255 e. The van der Waals surface area contributed by atoms with Crippen LogP contribution in [0, 0.1) is 0 Å². The number of phenols is 1. The normalized spacial score (nSPS) is 17.6. The number of hydrogen-bond donors (Lipinski definition) is 2. The van der Waals surface area contributed by atoms with Crippen molar-refractivity contribution in [2.24, 2.45) is 0 Å². The highest BCUT2D eigenvalue weighted by molar-refractivity contribution is 6.32. The van der Waals surface area contributed by atoms with Gasteiger partial charge >= 0.3 is 0 Å². The van der Waals surface area contributed by atoms with Crippen LogP contribution in [-0.4, -0.2) is 23.2 Å². The average molecular weight is 360 g/mol. The van der Waals surface area contributed by atoms with Gasteiger partial charge in [0, 0.05) is 23.0 Å². The molecular weight excluding hydrogens is 338 g/mol. The molecule has 2 aromatic carbocycles. The summed E-state index contributed by atoms with van der Waals surface area (Å²) >= 11 is 6.35. The summed E-state index contributed by atoms with van der Waals surface area (Å²) < 4.78 is 5.58. The van der Waals surface area contributed by atoms with Gasteiger partial charge in [-0.15, -0.1) is 0 Å². The number of hydrogen-bond acceptors (Lipinski definition) is 3. The van der Waals surface area contributed by atoms with Crippen LogP contribution in [0.15, 0.2) is 36.4 Å². The second kappa shape index (κ2) is 7.46. The number of aromatic hydroxyl groups is 1. The van der Waals surface area contributed by atoms with E-state index in [0.29, 0.717) is 23.4 Å². The van der Waals surface area contributed by atoms with E-state index in [1.807, 2.05) is 44.2 Å². The highest BCUT2D eigenvalue weighted by atomic mass is 35.5.